The summed E-state index contributed by atoms with van der Waals surface area (Å²) in [6.45, 7) is 5.01. The van der Waals surface area contributed by atoms with E-state index in [4.69, 9.17) is 9.47 Å². The van der Waals surface area contributed by atoms with E-state index >= 15 is 0 Å². The van der Waals surface area contributed by atoms with Crippen molar-refractivity contribution in [1.29, 1.82) is 0 Å². The number of carbonyl (C=O) groups excluding carboxylic acids is 1. The van der Waals surface area contributed by atoms with Gasteiger partial charge in [0.1, 0.15) is 11.4 Å². The van der Waals surface area contributed by atoms with Gasteiger partial charge in [0.15, 0.2) is 5.82 Å². The molecule has 1 N–H and O–H groups in total. The summed E-state index contributed by atoms with van der Waals surface area (Å²) in [4.78, 5) is 19.5. The number of aryl methyl sites for hydroxylation is 1. The summed E-state index contributed by atoms with van der Waals surface area (Å²) in [5.41, 5.74) is 4.44. The lowest BCUT2D eigenvalue weighted by Crippen LogP contribution is -2.41. The molecule has 4 heterocycles. The predicted molar refractivity (Wildman–Crippen MR) is 113 cm³/mol. The molecule has 150 valence electrons. The fraction of sp³-hybridized carbons (Fsp3) is 0.333. The molecule has 0 unspecified atom stereocenters. The molecule has 5 rings (SSSR count). The Labute approximate surface area is 176 Å². The van der Waals surface area contributed by atoms with Gasteiger partial charge in [-0.1, -0.05) is 15.9 Å². The number of hydrogen-bond donors (Lipinski definition) is 1. The third kappa shape index (κ3) is 3.26. The molecule has 1 saturated heterocycles. The van der Waals surface area contributed by atoms with Crippen LogP contribution in [0.1, 0.15) is 21.7 Å². The maximum atomic E-state index is 13.1. The lowest BCUT2D eigenvalue weighted by Gasteiger charge is -2.27. The number of hydrogen-bond acceptors (Lipinski definition) is 5. The third-order valence-electron chi connectivity index (χ3n) is 5.39. The molecule has 1 aromatic carbocycles. The van der Waals surface area contributed by atoms with Gasteiger partial charge in [-0.2, -0.15) is 0 Å². The standard InChI is InChI=1S/C21H21BrN4O3/c1-13-2-3-17-20(24-16-11-15(22)10-14-4-7-29-19(14)16)23-12-18(26(13)17)21(27)25-5-8-28-9-6-25/h2-3,10-12H,4-9H2,1H3,(H,23,24). The van der Waals surface area contributed by atoms with E-state index in [-0.39, 0.29) is 5.91 Å². The summed E-state index contributed by atoms with van der Waals surface area (Å²) in [5, 5.41) is 3.42. The van der Waals surface area contributed by atoms with Gasteiger partial charge in [-0.25, -0.2) is 4.98 Å². The van der Waals surface area contributed by atoms with Gasteiger partial charge in [0, 0.05) is 35.2 Å². The molecular formula is C21H21BrN4O3. The lowest BCUT2D eigenvalue weighted by atomic mass is 10.1. The number of aromatic nitrogens is 2. The second kappa shape index (κ2) is 7.35. The molecule has 1 fully saturated rings. The number of morpholine rings is 1. The minimum Gasteiger partial charge on any atom is -0.491 e. The second-order valence-corrected chi connectivity index (χ2v) is 8.17. The summed E-state index contributed by atoms with van der Waals surface area (Å²) in [6, 6.07) is 8.06. The molecule has 2 aromatic heterocycles. The quantitative estimate of drug-likeness (QED) is 0.652. The van der Waals surface area contributed by atoms with Gasteiger partial charge >= 0.3 is 0 Å². The van der Waals surface area contributed by atoms with Gasteiger partial charge in [0.25, 0.3) is 5.91 Å². The second-order valence-electron chi connectivity index (χ2n) is 7.26. The number of halogens is 1. The monoisotopic (exact) mass is 456 g/mol. The first-order chi connectivity index (χ1) is 14.1. The number of anilines is 2. The van der Waals surface area contributed by atoms with Crippen molar-refractivity contribution in [3.05, 3.63) is 51.9 Å². The van der Waals surface area contributed by atoms with Crippen LogP contribution in [0, 0.1) is 6.92 Å². The van der Waals surface area contributed by atoms with Gasteiger partial charge in [0.2, 0.25) is 0 Å². The zero-order valence-corrected chi connectivity index (χ0v) is 17.7. The summed E-state index contributed by atoms with van der Waals surface area (Å²) in [7, 11) is 0. The first-order valence-electron chi connectivity index (χ1n) is 9.68. The van der Waals surface area contributed by atoms with Crippen molar-refractivity contribution >= 4 is 38.9 Å². The minimum atomic E-state index is -0.0247. The van der Waals surface area contributed by atoms with E-state index < -0.39 is 0 Å². The van der Waals surface area contributed by atoms with E-state index in [0.717, 1.165) is 33.5 Å². The topological polar surface area (TPSA) is 68.1 Å². The van der Waals surface area contributed by atoms with Gasteiger partial charge in [0.05, 0.1) is 37.2 Å². The van der Waals surface area contributed by atoms with E-state index in [1.807, 2.05) is 34.4 Å². The van der Waals surface area contributed by atoms with Crippen LogP contribution in [0.4, 0.5) is 11.5 Å². The SMILES string of the molecule is Cc1ccc2c(Nc3cc(Br)cc4c3OCC4)ncc(C(=O)N3CCOCC3)n12. The van der Waals surface area contributed by atoms with Crippen LogP contribution in [0.3, 0.4) is 0 Å². The fourth-order valence-corrected chi connectivity index (χ4v) is 4.46. The highest BCUT2D eigenvalue weighted by Crippen LogP contribution is 2.38. The van der Waals surface area contributed by atoms with Gasteiger partial charge in [-0.05, 0) is 31.2 Å². The Morgan fingerprint density at radius 1 is 1.21 bits per heavy atom. The molecule has 0 spiro atoms. The first-order valence-corrected chi connectivity index (χ1v) is 10.5. The van der Waals surface area contributed by atoms with E-state index in [1.54, 1.807) is 6.20 Å². The average molecular weight is 457 g/mol. The van der Waals surface area contributed by atoms with Crippen LogP contribution in [0.2, 0.25) is 0 Å². The molecule has 2 aliphatic rings. The Bertz CT molecular complexity index is 1100. The predicted octanol–water partition coefficient (Wildman–Crippen LogP) is 3.56. The van der Waals surface area contributed by atoms with Crippen LogP contribution in [0.5, 0.6) is 5.75 Å². The van der Waals surface area contributed by atoms with Crippen LogP contribution in [-0.4, -0.2) is 53.1 Å². The molecule has 0 atom stereocenters. The molecule has 7 nitrogen and oxygen atoms in total. The van der Waals surface area contributed by atoms with Gasteiger partial charge in [-0.15, -0.1) is 0 Å². The molecule has 29 heavy (non-hydrogen) atoms. The van der Waals surface area contributed by atoms with Crippen LogP contribution in [0.25, 0.3) is 5.52 Å². The molecule has 0 radical (unpaired) electrons. The summed E-state index contributed by atoms with van der Waals surface area (Å²) in [6.07, 6.45) is 2.54. The molecule has 0 saturated carbocycles. The van der Waals surface area contributed by atoms with E-state index in [1.165, 1.54) is 5.56 Å². The number of ether oxygens (including phenoxy) is 2. The number of rotatable bonds is 3. The van der Waals surface area contributed by atoms with E-state index in [0.29, 0.717) is 44.4 Å². The highest BCUT2D eigenvalue weighted by atomic mass is 79.9. The van der Waals surface area contributed by atoms with E-state index in [9.17, 15) is 4.79 Å². The third-order valence-corrected chi connectivity index (χ3v) is 5.85. The molecule has 2 aliphatic heterocycles. The average Bonchev–Trinajstić information content (AvgIpc) is 3.36. The Morgan fingerprint density at radius 2 is 2.03 bits per heavy atom. The number of amides is 1. The largest absolute Gasteiger partial charge is 0.491 e. The van der Waals surface area contributed by atoms with Crippen molar-refractivity contribution < 1.29 is 14.3 Å². The number of fused-ring (bicyclic) bond motifs is 2. The van der Waals surface area contributed by atoms with Crippen molar-refractivity contribution in [2.75, 3.05) is 38.2 Å². The fourth-order valence-electron chi connectivity index (χ4n) is 3.96. The first kappa shape index (κ1) is 18.4. The number of nitrogens with zero attached hydrogens (tertiary/aromatic N) is 3. The molecule has 8 heteroatoms. The van der Waals surface area contributed by atoms with Crippen molar-refractivity contribution in [3.63, 3.8) is 0 Å². The summed E-state index contributed by atoms with van der Waals surface area (Å²) < 4.78 is 14.2. The van der Waals surface area contributed by atoms with Crippen molar-refractivity contribution in [2.45, 2.75) is 13.3 Å². The van der Waals surface area contributed by atoms with E-state index in [2.05, 4.69) is 32.3 Å². The van der Waals surface area contributed by atoms with Crippen molar-refractivity contribution in [2.24, 2.45) is 0 Å². The van der Waals surface area contributed by atoms with Crippen LogP contribution < -0.4 is 10.1 Å². The Kier molecular flexibility index (Phi) is 4.67. The molecule has 0 bridgehead atoms. The Morgan fingerprint density at radius 3 is 2.86 bits per heavy atom. The molecular weight excluding hydrogens is 436 g/mol. The maximum absolute atomic E-state index is 13.1. The maximum Gasteiger partial charge on any atom is 0.272 e. The summed E-state index contributed by atoms with van der Waals surface area (Å²) in [5.74, 6) is 1.53. The summed E-state index contributed by atoms with van der Waals surface area (Å²) >= 11 is 3.58. The van der Waals surface area contributed by atoms with Gasteiger partial charge in [-0.3, -0.25) is 4.79 Å². The normalized spacial score (nSPS) is 16.0. The number of nitrogens with one attached hydrogen (secondary N) is 1. The van der Waals surface area contributed by atoms with Crippen LogP contribution in [0.15, 0.2) is 34.9 Å². The number of carbonyl (C=O) groups is 1. The molecule has 1 amide bonds. The highest BCUT2D eigenvalue weighted by Gasteiger charge is 2.24. The molecule has 3 aromatic rings. The van der Waals surface area contributed by atoms with Crippen molar-refractivity contribution in [1.82, 2.24) is 14.3 Å². The highest BCUT2D eigenvalue weighted by molar-refractivity contribution is 9.10. The zero-order chi connectivity index (χ0) is 20.0. The zero-order valence-electron chi connectivity index (χ0n) is 16.1. The Balaban J connectivity index is 1.55. The number of benzene rings is 1. The lowest BCUT2D eigenvalue weighted by molar-refractivity contribution is 0.0297. The molecule has 0 aliphatic carbocycles. The van der Waals surface area contributed by atoms with Crippen LogP contribution >= 0.6 is 15.9 Å². The van der Waals surface area contributed by atoms with Gasteiger partial charge < -0.3 is 24.1 Å². The minimum absolute atomic E-state index is 0.0247. The smallest absolute Gasteiger partial charge is 0.272 e. The Hall–Kier alpha value is -2.58. The van der Waals surface area contributed by atoms with Crippen molar-refractivity contribution in [3.8, 4) is 5.75 Å². The van der Waals surface area contributed by atoms with Crippen LogP contribution in [-0.2, 0) is 11.2 Å².